The van der Waals surface area contributed by atoms with Gasteiger partial charge < -0.3 is 27.9 Å². The fourth-order valence-electron chi connectivity index (χ4n) is 5.73. The van der Waals surface area contributed by atoms with Crippen LogP contribution >= 0.6 is 7.82 Å². The molecule has 0 heterocycles. The number of phosphoric ester groups is 1. The first kappa shape index (κ1) is 55.5. The molecular formula is C48H84NO8P. The Balaban J connectivity index is 4.52. The second-order valence-electron chi connectivity index (χ2n) is 16.1. The molecular weight excluding hydrogens is 750 g/mol. The standard InChI is InChI=1S/C48H84NO8P/c1-6-8-10-12-14-16-18-20-22-23-24-25-27-29-31-33-35-37-39-41-48(51)57-46(45-56-58(52,53)55-43-42-49(3,4)5)44-54-47(50)40-38-36-34-32-30-28-26-21-19-17-15-13-11-9-7-2/h14,16,20,22,24-25,29,31,34,36,38,40,46H,6-13,15,17-19,21,23,26-28,30,32-33,35,37,39,41-45H2,1-5H3/b16-14+,22-20+,25-24+,31-29+,36-34+,40-38+/t46-/m1/s1. The molecule has 2 atom stereocenters. The summed E-state index contributed by atoms with van der Waals surface area (Å²) in [5, 5.41) is 0. The molecule has 0 fully saturated rings. The highest BCUT2D eigenvalue weighted by Crippen LogP contribution is 2.38. The van der Waals surface area contributed by atoms with E-state index in [0.29, 0.717) is 17.4 Å². The zero-order valence-corrected chi connectivity index (χ0v) is 38.4. The van der Waals surface area contributed by atoms with Gasteiger partial charge in [0.05, 0.1) is 27.7 Å². The molecule has 0 spiro atoms. The number of allylic oxidation sites excluding steroid dienone is 11. The highest BCUT2D eigenvalue weighted by atomic mass is 31.2. The van der Waals surface area contributed by atoms with Crippen LogP contribution in [0, 0.1) is 0 Å². The minimum atomic E-state index is -4.66. The highest BCUT2D eigenvalue weighted by Gasteiger charge is 2.21. The molecule has 0 aliphatic carbocycles. The van der Waals surface area contributed by atoms with Crippen molar-refractivity contribution in [1.29, 1.82) is 0 Å². The van der Waals surface area contributed by atoms with E-state index < -0.39 is 32.5 Å². The van der Waals surface area contributed by atoms with E-state index in [-0.39, 0.29) is 19.6 Å². The van der Waals surface area contributed by atoms with Crippen molar-refractivity contribution in [1.82, 2.24) is 0 Å². The van der Waals surface area contributed by atoms with Gasteiger partial charge in [0.2, 0.25) is 0 Å². The van der Waals surface area contributed by atoms with Crippen LogP contribution in [0.5, 0.6) is 0 Å². The minimum Gasteiger partial charge on any atom is -0.756 e. The van der Waals surface area contributed by atoms with Crippen LogP contribution in [0.2, 0.25) is 0 Å². The van der Waals surface area contributed by atoms with Gasteiger partial charge in [-0.15, -0.1) is 0 Å². The minimum absolute atomic E-state index is 0.0532. The van der Waals surface area contributed by atoms with Crippen molar-refractivity contribution in [3.63, 3.8) is 0 Å². The molecule has 0 radical (unpaired) electrons. The van der Waals surface area contributed by atoms with Gasteiger partial charge in [0.25, 0.3) is 7.82 Å². The Morgan fingerprint density at radius 1 is 0.586 bits per heavy atom. The molecule has 1 unspecified atom stereocenters. The predicted molar refractivity (Wildman–Crippen MR) is 240 cm³/mol. The summed E-state index contributed by atoms with van der Waals surface area (Å²) in [6.07, 6.45) is 49.9. The molecule has 0 amide bonds. The number of phosphoric acid groups is 1. The average molecular weight is 834 g/mol. The van der Waals surface area contributed by atoms with Crippen LogP contribution in [0.4, 0.5) is 0 Å². The number of hydrogen-bond donors (Lipinski definition) is 0. The third kappa shape index (κ3) is 43.0. The van der Waals surface area contributed by atoms with E-state index in [1.54, 1.807) is 6.08 Å². The highest BCUT2D eigenvalue weighted by molar-refractivity contribution is 7.45. The average Bonchev–Trinajstić information content (AvgIpc) is 3.17. The summed E-state index contributed by atoms with van der Waals surface area (Å²) in [7, 11) is 1.09. The van der Waals surface area contributed by atoms with E-state index in [9.17, 15) is 19.0 Å². The normalized spacial score (nSPS) is 14.2. The Labute approximate surface area is 355 Å². The summed E-state index contributed by atoms with van der Waals surface area (Å²) in [6, 6.07) is 0. The monoisotopic (exact) mass is 834 g/mol. The van der Waals surface area contributed by atoms with Crippen molar-refractivity contribution in [2.45, 2.75) is 174 Å². The van der Waals surface area contributed by atoms with Gasteiger partial charge in [-0.3, -0.25) is 9.36 Å². The van der Waals surface area contributed by atoms with Crippen molar-refractivity contribution in [2.75, 3.05) is 47.5 Å². The van der Waals surface area contributed by atoms with Crippen molar-refractivity contribution in [3.8, 4) is 0 Å². The van der Waals surface area contributed by atoms with Gasteiger partial charge in [0.1, 0.15) is 19.8 Å². The zero-order valence-electron chi connectivity index (χ0n) is 37.5. The Kier molecular flexibility index (Phi) is 38.1. The maximum atomic E-state index is 12.7. The maximum absolute atomic E-state index is 12.7. The largest absolute Gasteiger partial charge is 0.756 e. The summed E-state index contributed by atoms with van der Waals surface area (Å²) in [6.45, 7) is 4.02. The van der Waals surface area contributed by atoms with E-state index >= 15 is 0 Å². The van der Waals surface area contributed by atoms with Gasteiger partial charge in [-0.25, -0.2) is 4.79 Å². The Morgan fingerprint density at radius 2 is 1.05 bits per heavy atom. The molecule has 10 heteroatoms. The van der Waals surface area contributed by atoms with Gasteiger partial charge in [-0.2, -0.15) is 0 Å². The Hall–Kier alpha value is -2.55. The summed E-state index contributed by atoms with van der Waals surface area (Å²) in [5.41, 5.74) is 0. The van der Waals surface area contributed by atoms with E-state index in [4.69, 9.17) is 18.5 Å². The number of hydrogen-bond acceptors (Lipinski definition) is 8. The van der Waals surface area contributed by atoms with Crippen LogP contribution in [0.3, 0.4) is 0 Å². The molecule has 0 saturated carbocycles. The first-order valence-electron chi connectivity index (χ1n) is 22.7. The Morgan fingerprint density at radius 3 is 1.60 bits per heavy atom. The number of ether oxygens (including phenoxy) is 2. The number of unbranched alkanes of at least 4 members (excludes halogenated alkanes) is 17. The van der Waals surface area contributed by atoms with E-state index in [0.717, 1.165) is 51.4 Å². The second-order valence-corrected chi connectivity index (χ2v) is 17.5. The lowest BCUT2D eigenvalue weighted by molar-refractivity contribution is -0.870. The van der Waals surface area contributed by atoms with Crippen LogP contribution in [-0.2, 0) is 32.7 Å². The van der Waals surface area contributed by atoms with Crippen molar-refractivity contribution in [2.24, 2.45) is 0 Å². The number of carbonyl (C=O) groups excluding carboxylic acids is 2. The molecule has 0 aromatic heterocycles. The molecule has 58 heavy (non-hydrogen) atoms. The van der Waals surface area contributed by atoms with E-state index in [1.165, 1.54) is 96.0 Å². The molecule has 334 valence electrons. The molecule has 0 bridgehead atoms. The van der Waals surface area contributed by atoms with Crippen LogP contribution in [-0.4, -0.2) is 70.0 Å². The van der Waals surface area contributed by atoms with Crippen molar-refractivity contribution >= 4 is 19.8 Å². The Bertz CT molecular complexity index is 1220. The van der Waals surface area contributed by atoms with Crippen LogP contribution in [0.1, 0.15) is 168 Å². The summed E-state index contributed by atoms with van der Waals surface area (Å²) >= 11 is 0. The number of carbonyl (C=O) groups is 2. The first-order valence-corrected chi connectivity index (χ1v) is 24.1. The maximum Gasteiger partial charge on any atom is 0.330 e. The summed E-state index contributed by atoms with van der Waals surface area (Å²) < 4.78 is 33.7. The molecule has 0 N–H and O–H groups in total. The van der Waals surface area contributed by atoms with Gasteiger partial charge in [0.15, 0.2) is 6.10 Å². The second kappa shape index (κ2) is 39.9. The number of nitrogens with zero attached hydrogens (tertiary/aromatic N) is 1. The van der Waals surface area contributed by atoms with Crippen molar-refractivity contribution in [3.05, 3.63) is 72.9 Å². The number of likely N-dealkylation sites (N-methyl/N-ethyl adjacent to an activating group) is 1. The number of quaternary nitrogens is 1. The molecule has 0 rings (SSSR count). The fraction of sp³-hybridized carbons (Fsp3) is 0.708. The lowest BCUT2D eigenvalue weighted by Gasteiger charge is -2.28. The van der Waals surface area contributed by atoms with Gasteiger partial charge in [-0.1, -0.05) is 164 Å². The third-order valence-electron chi connectivity index (χ3n) is 9.30. The molecule has 0 aliphatic rings. The van der Waals surface area contributed by atoms with Crippen LogP contribution in [0.15, 0.2) is 72.9 Å². The molecule has 0 aromatic carbocycles. The SMILES string of the molecule is CCCCC/C=C/C/C=C/C/C=C/C/C=C/CCCCCC(=O)O[C@H](COC(=O)/C=C/C=C/CCCCCCCCCCCCC)COP(=O)([O-])OCC[N+](C)(C)C. The third-order valence-corrected chi connectivity index (χ3v) is 10.3. The smallest absolute Gasteiger partial charge is 0.330 e. The quantitative estimate of drug-likeness (QED) is 0.0114. The first-order chi connectivity index (χ1) is 28.0. The van der Waals surface area contributed by atoms with Gasteiger partial charge in [0, 0.05) is 12.5 Å². The van der Waals surface area contributed by atoms with E-state index in [2.05, 4.69) is 62.5 Å². The summed E-state index contributed by atoms with van der Waals surface area (Å²) in [5.74, 6) is -1.13. The number of rotatable bonds is 40. The van der Waals surface area contributed by atoms with Gasteiger partial charge in [-0.05, 0) is 64.2 Å². The fourth-order valence-corrected chi connectivity index (χ4v) is 6.46. The molecule has 9 nitrogen and oxygen atoms in total. The van der Waals surface area contributed by atoms with Crippen molar-refractivity contribution < 1.29 is 42.1 Å². The predicted octanol–water partition coefficient (Wildman–Crippen LogP) is 12.4. The lowest BCUT2D eigenvalue weighted by Crippen LogP contribution is -2.37. The molecule has 0 aromatic rings. The van der Waals surface area contributed by atoms with Gasteiger partial charge >= 0.3 is 11.9 Å². The van der Waals surface area contributed by atoms with Crippen LogP contribution < -0.4 is 4.89 Å². The van der Waals surface area contributed by atoms with E-state index in [1.807, 2.05) is 33.3 Å². The lowest BCUT2D eigenvalue weighted by atomic mass is 10.1. The van der Waals surface area contributed by atoms with Crippen LogP contribution in [0.25, 0.3) is 0 Å². The summed E-state index contributed by atoms with van der Waals surface area (Å²) in [4.78, 5) is 37.4. The number of esters is 2. The topological polar surface area (TPSA) is 111 Å². The molecule has 0 saturated heterocycles. The zero-order chi connectivity index (χ0) is 42.8. The molecule has 0 aliphatic heterocycles.